The monoisotopic (exact) mass is 327 g/mol. The van der Waals surface area contributed by atoms with Gasteiger partial charge in [-0.3, -0.25) is 0 Å². The van der Waals surface area contributed by atoms with Gasteiger partial charge in [-0.2, -0.15) is 0 Å². The Labute approximate surface area is 123 Å². The van der Waals surface area contributed by atoms with Gasteiger partial charge >= 0.3 is 0 Å². The molecule has 0 amide bonds. The van der Waals surface area contributed by atoms with Crippen LogP contribution in [0.3, 0.4) is 0 Å². The zero-order chi connectivity index (χ0) is 14.0. The first-order valence-corrected chi connectivity index (χ1v) is 7.46. The van der Waals surface area contributed by atoms with Gasteiger partial charge in [0, 0.05) is 16.6 Å². The summed E-state index contributed by atoms with van der Waals surface area (Å²) < 4.78 is 12.6. The lowest BCUT2D eigenvalue weighted by molar-refractivity contribution is -0.0110. The molecule has 3 nitrogen and oxygen atoms in total. The van der Waals surface area contributed by atoms with Crippen LogP contribution in [-0.4, -0.2) is 26.4 Å². The number of ether oxygens (including phenoxy) is 2. The van der Waals surface area contributed by atoms with E-state index < -0.39 is 0 Å². The number of rotatable bonds is 4. The van der Waals surface area contributed by atoms with E-state index in [-0.39, 0.29) is 11.6 Å². The number of halogens is 1. The van der Waals surface area contributed by atoms with Crippen molar-refractivity contribution in [3.05, 3.63) is 27.7 Å². The number of hydrogen-bond donors (Lipinski definition) is 1. The predicted octanol–water partition coefficient (Wildman–Crippen LogP) is 3.60. The molecule has 0 aromatic heterocycles. The number of benzene rings is 1. The van der Waals surface area contributed by atoms with E-state index in [4.69, 9.17) is 9.47 Å². The van der Waals surface area contributed by atoms with Gasteiger partial charge in [-0.1, -0.05) is 15.9 Å². The number of methoxy groups -OCH3 is 1. The Hall–Kier alpha value is -0.580. The molecule has 0 aliphatic carbocycles. The minimum Gasteiger partial charge on any atom is -0.496 e. The smallest absolute Gasteiger partial charge is 0.124 e. The molecule has 1 N–H and O–H groups in total. The summed E-state index contributed by atoms with van der Waals surface area (Å²) in [5, 5.41) is 3.40. The highest BCUT2D eigenvalue weighted by atomic mass is 79.9. The fourth-order valence-corrected chi connectivity index (χ4v) is 3.25. The second kappa shape index (κ2) is 5.81. The largest absolute Gasteiger partial charge is 0.496 e. The quantitative estimate of drug-likeness (QED) is 0.916. The molecule has 2 atom stereocenters. The average molecular weight is 328 g/mol. The van der Waals surface area contributed by atoms with E-state index in [1.54, 1.807) is 7.11 Å². The van der Waals surface area contributed by atoms with Crippen molar-refractivity contribution in [2.45, 2.75) is 38.3 Å². The van der Waals surface area contributed by atoms with Crippen LogP contribution < -0.4 is 10.1 Å². The Balaban J connectivity index is 2.45. The van der Waals surface area contributed by atoms with E-state index in [1.807, 2.05) is 7.05 Å². The molecule has 106 valence electrons. The zero-order valence-electron chi connectivity index (χ0n) is 12.0. The third-order valence-electron chi connectivity index (χ3n) is 3.97. The fraction of sp³-hybridized carbons (Fsp3) is 0.600. The minimum atomic E-state index is -0.170. The van der Waals surface area contributed by atoms with E-state index in [0.29, 0.717) is 0 Å². The van der Waals surface area contributed by atoms with Crippen LogP contribution >= 0.6 is 15.9 Å². The second-order valence-electron chi connectivity index (χ2n) is 5.33. The van der Waals surface area contributed by atoms with Gasteiger partial charge in [0.25, 0.3) is 0 Å². The van der Waals surface area contributed by atoms with Crippen molar-refractivity contribution in [1.82, 2.24) is 5.32 Å². The molecule has 1 fully saturated rings. The Bertz CT molecular complexity index is 456. The third kappa shape index (κ3) is 2.81. The molecule has 2 unspecified atom stereocenters. The van der Waals surface area contributed by atoms with Crippen LogP contribution in [0.4, 0.5) is 0 Å². The number of aryl methyl sites for hydroxylation is 1. The number of nitrogens with one attached hydrogen (secondary N) is 1. The highest BCUT2D eigenvalue weighted by molar-refractivity contribution is 9.10. The van der Waals surface area contributed by atoms with Gasteiger partial charge < -0.3 is 14.8 Å². The van der Waals surface area contributed by atoms with E-state index in [9.17, 15) is 0 Å². The summed E-state index contributed by atoms with van der Waals surface area (Å²) in [7, 11) is 3.70. The minimum absolute atomic E-state index is 0.127. The van der Waals surface area contributed by atoms with Crippen molar-refractivity contribution in [1.29, 1.82) is 0 Å². The van der Waals surface area contributed by atoms with Crippen LogP contribution in [-0.2, 0) is 4.74 Å². The summed E-state index contributed by atoms with van der Waals surface area (Å²) in [5.74, 6) is 0.914. The lowest BCUT2D eigenvalue weighted by Gasteiger charge is -2.34. The maximum atomic E-state index is 5.98. The molecule has 4 heteroatoms. The standard InChI is InChI=1S/C15H22BrNO2/c1-10-8-13(18-4)11(9-12(10)16)14(17-3)15(2)6-5-7-19-15/h8-9,14,17H,5-7H2,1-4H3. The SMILES string of the molecule is CNC(c1cc(Br)c(C)cc1OC)C1(C)CCCO1. The van der Waals surface area contributed by atoms with Gasteiger partial charge in [0.2, 0.25) is 0 Å². The van der Waals surface area contributed by atoms with Gasteiger partial charge in [-0.15, -0.1) is 0 Å². The first kappa shape index (κ1) is 14.8. The molecule has 1 saturated heterocycles. The normalized spacial score (nSPS) is 24.5. The highest BCUT2D eigenvalue weighted by Gasteiger charge is 2.39. The van der Waals surface area contributed by atoms with Crippen molar-refractivity contribution in [2.75, 3.05) is 20.8 Å². The summed E-state index contributed by atoms with van der Waals surface area (Å²) in [6, 6.07) is 4.34. The van der Waals surface area contributed by atoms with Crippen LogP contribution in [0.5, 0.6) is 5.75 Å². The first-order valence-electron chi connectivity index (χ1n) is 6.67. The Morgan fingerprint density at radius 2 is 2.21 bits per heavy atom. The molecule has 0 saturated carbocycles. The molecule has 1 aromatic carbocycles. The molecular formula is C15H22BrNO2. The van der Waals surface area contributed by atoms with E-state index in [0.717, 1.165) is 35.2 Å². The van der Waals surface area contributed by atoms with Crippen molar-refractivity contribution in [2.24, 2.45) is 0 Å². The molecule has 0 bridgehead atoms. The summed E-state index contributed by atoms with van der Waals surface area (Å²) >= 11 is 3.61. The lowest BCUT2D eigenvalue weighted by Crippen LogP contribution is -2.39. The van der Waals surface area contributed by atoms with Crippen LogP contribution in [0.2, 0.25) is 0 Å². The van der Waals surface area contributed by atoms with Crippen molar-refractivity contribution in [3.8, 4) is 5.75 Å². The Morgan fingerprint density at radius 1 is 1.47 bits per heavy atom. The molecule has 1 aromatic rings. The molecule has 1 aliphatic rings. The summed E-state index contributed by atoms with van der Waals surface area (Å²) in [6.07, 6.45) is 2.18. The van der Waals surface area contributed by atoms with Gasteiger partial charge in [-0.05, 0) is 51.4 Å². The second-order valence-corrected chi connectivity index (χ2v) is 6.18. The lowest BCUT2D eigenvalue weighted by atomic mass is 9.87. The van der Waals surface area contributed by atoms with Crippen molar-refractivity contribution in [3.63, 3.8) is 0 Å². The van der Waals surface area contributed by atoms with Crippen molar-refractivity contribution >= 4 is 15.9 Å². The van der Waals surface area contributed by atoms with Crippen molar-refractivity contribution < 1.29 is 9.47 Å². The molecular weight excluding hydrogens is 306 g/mol. The first-order chi connectivity index (χ1) is 9.01. The third-order valence-corrected chi connectivity index (χ3v) is 4.82. The van der Waals surface area contributed by atoms with Crippen LogP contribution in [0, 0.1) is 6.92 Å². The van der Waals surface area contributed by atoms with Crippen LogP contribution in [0.15, 0.2) is 16.6 Å². The fourth-order valence-electron chi connectivity index (χ4n) is 2.89. The Kier molecular flexibility index (Phi) is 4.54. The van der Waals surface area contributed by atoms with Gasteiger partial charge in [0.15, 0.2) is 0 Å². The predicted molar refractivity (Wildman–Crippen MR) is 80.8 cm³/mol. The maximum absolute atomic E-state index is 5.98. The zero-order valence-corrected chi connectivity index (χ0v) is 13.6. The topological polar surface area (TPSA) is 30.5 Å². The Morgan fingerprint density at radius 3 is 2.74 bits per heavy atom. The molecule has 2 rings (SSSR count). The summed E-state index contributed by atoms with van der Waals surface area (Å²) in [5.41, 5.74) is 2.15. The maximum Gasteiger partial charge on any atom is 0.124 e. The van der Waals surface area contributed by atoms with Crippen LogP contribution in [0.1, 0.15) is 36.9 Å². The van der Waals surface area contributed by atoms with Gasteiger partial charge in [-0.25, -0.2) is 0 Å². The molecule has 0 spiro atoms. The average Bonchev–Trinajstić information content (AvgIpc) is 2.81. The summed E-state index contributed by atoms with van der Waals surface area (Å²) in [4.78, 5) is 0. The van der Waals surface area contributed by atoms with E-state index in [1.165, 1.54) is 5.56 Å². The van der Waals surface area contributed by atoms with Gasteiger partial charge in [0.1, 0.15) is 5.75 Å². The summed E-state index contributed by atoms with van der Waals surface area (Å²) in [6.45, 7) is 5.08. The number of likely N-dealkylation sites (N-methyl/N-ethyl adjacent to an activating group) is 1. The highest BCUT2D eigenvalue weighted by Crippen LogP contribution is 2.41. The van der Waals surface area contributed by atoms with Gasteiger partial charge in [0.05, 0.1) is 18.8 Å². The molecule has 19 heavy (non-hydrogen) atoms. The van der Waals surface area contributed by atoms with Crippen LogP contribution in [0.25, 0.3) is 0 Å². The van der Waals surface area contributed by atoms with E-state index in [2.05, 4.69) is 47.2 Å². The number of hydrogen-bond acceptors (Lipinski definition) is 3. The molecule has 1 aliphatic heterocycles. The molecule has 0 radical (unpaired) electrons. The van der Waals surface area contributed by atoms with E-state index >= 15 is 0 Å². The molecule has 1 heterocycles.